The summed E-state index contributed by atoms with van der Waals surface area (Å²) < 4.78 is 16.1. The maximum absolute atomic E-state index is 13.3. The summed E-state index contributed by atoms with van der Waals surface area (Å²) in [4.78, 5) is 57.8. The second-order valence-electron chi connectivity index (χ2n) is 10.9. The summed E-state index contributed by atoms with van der Waals surface area (Å²) in [6.07, 6.45) is 2.71. The van der Waals surface area contributed by atoms with Crippen LogP contribution in [0.15, 0.2) is 47.5 Å². The Morgan fingerprint density at radius 2 is 1.81 bits per heavy atom. The van der Waals surface area contributed by atoms with Crippen LogP contribution in [0.25, 0.3) is 0 Å². The van der Waals surface area contributed by atoms with Crippen molar-refractivity contribution in [2.75, 3.05) is 44.9 Å². The number of anilines is 1. The molecule has 4 aliphatic rings. The molecule has 2 fully saturated rings. The first kappa shape index (κ1) is 27.7. The van der Waals surface area contributed by atoms with E-state index in [2.05, 4.69) is 26.6 Å². The third-order valence-corrected chi connectivity index (χ3v) is 8.16. The fourth-order valence-electron chi connectivity index (χ4n) is 6.12. The van der Waals surface area contributed by atoms with Crippen LogP contribution in [0, 0.1) is 5.92 Å². The maximum Gasteiger partial charge on any atom is 0.352 e. The molecule has 2 aromatic carbocycles. The molecule has 4 heterocycles. The second-order valence-corrected chi connectivity index (χ2v) is 10.9. The molecule has 0 saturated carbocycles. The van der Waals surface area contributed by atoms with E-state index < -0.39 is 30.0 Å². The average Bonchev–Trinajstić information content (AvgIpc) is 3.60. The molecule has 2 N–H and O–H groups in total. The van der Waals surface area contributed by atoms with Crippen LogP contribution in [0.4, 0.5) is 15.3 Å². The lowest BCUT2D eigenvalue weighted by Crippen LogP contribution is -2.52. The smallest absolute Gasteiger partial charge is 0.352 e. The topological polar surface area (TPSA) is 139 Å². The first-order valence-electron chi connectivity index (χ1n) is 14.2. The minimum Gasteiger partial charge on any atom is -0.459 e. The number of aliphatic imine (C=N–C) groups is 1. The third-order valence-electron chi connectivity index (χ3n) is 8.16. The van der Waals surface area contributed by atoms with Crippen molar-refractivity contribution in [2.45, 2.75) is 38.1 Å². The molecule has 0 spiro atoms. The van der Waals surface area contributed by atoms with Gasteiger partial charge in [-0.05, 0) is 80.2 Å². The average molecular weight is 576 g/mol. The van der Waals surface area contributed by atoms with E-state index in [1.807, 2.05) is 18.2 Å². The number of hydrogen-bond acceptors (Lipinski definition) is 8. The van der Waals surface area contributed by atoms with Gasteiger partial charge in [-0.3, -0.25) is 9.59 Å². The van der Waals surface area contributed by atoms with Crippen molar-refractivity contribution in [1.29, 1.82) is 0 Å². The number of hydrogen-bond donors (Lipinski definition) is 2. The molecule has 6 rings (SSSR count). The van der Waals surface area contributed by atoms with E-state index in [1.54, 1.807) is 18.2 Å². The zero-order valence-electron chi connectivity index (χ0n) is 23.3. The van der Waals surface area contributed by atoms with Crippen molar-refractivity contribution in [3.63, 3.8) is 0 Å². The Morgan fingerprint density at radius 1 is 1.00 bits per heavy atom. The van der Waals surface area contributed by atoms with Crippen molar-refractivity contribution >= 4 is 35.3 Å². The van der Waals surface area contributed by atoms with Crippen molar-refractivity contribution in [1.82, 2.24) is 15.1 Å². The lowest BCUT2D eigenvalue weighted by molar-refractivity contribution is -0.142. The van der Waals surface area contributed by atoms with Crippen molar-refractivity contribution < 1.29 is 33.4 Å². The minimum atomic E-state index is -0.905. The van der Waals surface area contributed by atoms with Gasteiger partial charge in [0.05, 0.1) is 11.8 Å². The van der Waals surface area contributed by atoms with E-state index in [4.69, 9.17) is 14.2 Å². The normalized spacial score (nSPS) is 21.9. The fourth-order valence-corrected chi connectivity index (χ4v) is 6.12. The molecule has 2 aromatic rings. The summed E-state index contributed by atoms with van der Waals surface area (Å²) in [6, 6.07) is 10.9. The highest BCUT2D eigenvalue weighted by molar-refractivity contribution is 6.15. The molecule has 220 valence electrons. The highest BCUT2D eigenvalue weighted by atomic mass is 16.7. The number of likely N-dealkylation sites (tertiary alicyclic amines) is 1. The maximum atomic E-state index is 13.3. The monoisotopic (exact) mass is 575 g/mol. The number of nitrogens with one attached hydrogen (secondary N) is 2. The molecule has 0 bridgehead atoms. The predicted octanol–water partition coefficient (Wildman–Crippen LogP) is 3.44. The molecule has 0 aliphatic carbocycles. The Labute approximate surface area is 243 Å². The van der Waals surface area contributed by atoms with Crippen LogP contribution in [0.2, 0.25) is 0 Å². The number of fused-ring (bicyclic) bond motifs is 2. The van der Waals surface area contributed by atoms with Crippen molar-refractivity contribution in [3.05, 3.63) is 53.6 Å². The number of cyclic esters (lactones) is 1. The minimum absolute atomic E-state index is 0.0663. The Hall–Kier alpha value is -4.45. The summed E-state index contributed by atoms with van der Waals surface area (Å²) in [6.45, 7) is 4.54. The number of piperidine rings is 1. The van der Waals surface area contributed by atoms with E-state index in [-0.39, 0.29) is 19.3 Å². The molecule has 5 amide bonds. The van der Waals surface area contributed by atoms with Gasteiger partial charge < -0.3 is 29.7 Å². The number of carbonyl (C=O) groups is 4. The Bertz CT molecular complexity index is 1430. The summed E-state index contributed by atoms with van der Waals surface area (Å²) in [5.41, 5.74) is 2.93. The molecule has 12 heteroatoms. The van der Waals surface area contributed by atoms with Gasteiger partial charge in [-0.25, -0.2) is 14.5 Å². The fraction of sp³-hybridized carbons (Fsp3) is 0.433. The van der Waals surface area contributed by atoms with E-state index in [1.165, 1.54) is 12.5 Å². The highest BCUT2D eigenvalue weighted by Gasteiger charge is 2.50. The van der Waals surface area contributed by atoms with Crippen LogP contribution in [0.1, 0.15) is 49.3 Å². The van der Waals surface area contributed by atoms with Crippen LogP contribution in [-0.4, -0.2) is 79.0 Å². The Kier molecular flexibility index (Phi) is 7.79. The number of ether oxygens (including phenoxy) is 3. The molecule has 4 aliphatic heterocycles. The van der Waals surface area contributed by atoms with E-state index in [0.717, 1.165) is 43.1 Å². The van der Waals surface area contributed by atoms with Crippen LogP contribution in [0.3, 0.4) is 0 Å². The van der Waals surface area contributed by atoms with Crippen LogP contribution in [0.5, 0.6) is 11.5 Å². The van der Waals surface area contributed by atoms with E-state index >= 15 is 0 Å². The van der Waals surface area contributed by atoms with Crippen LogP contribution in [-0.2, 0) is 14.3 Å². The van der Waals surface area contributed by atoms with Gasteiger partial charge in [-0.1, -0.05) is 18.2 Å². The largest absolute Gasteiger partial charge is 0.459 e. The number of carbonyl (C=O) groups excluding carboxylic acids is 4. The van der Waals surface area contributed by atoms with Gasteiger partial charge in [0.25, 0.3) is 0 Å². The van der Waals surface area contributed by atoms with E-state index in [0.29, 0.717) is 41.7 Å². The summed E-state index contributed by atoms with van der Waals surface area (Å²) in [7, 11) is 0. The number of nitrogens with zero attached hydrogens (tertiary/aromatic N) is 3. The van der Waals surface area contributed by atoms with Gasteiger partial charge in [0.1, 0.15) is 12.5 Å². The van der Waals surface area contributed by atoms with Gasteiger partial charge in [-0.2, -0.15) is 4.99 Å². The molecular formula is C30H33N5O7. The zero-order chi connectivity index (χ0) is 29.2. The molecule has 2 atom stereocenters. The lowest BCUT2D eigenvalue weighted by Gasteiger charge is -2.35. The van der Waals surface area contributed by atoms with Crippen molar-refractivity contribution in [3.8, 4) is 11.5 Å². The molecular weight excluding hydrogens is 542 g/mol. The van der Waals surface area contributed by atoms with Gasteiger partial charge in [0.15, 0.2) is 11.5 Å². The molecule has 2 saturated heterocycles. The van der Waals surface area contributed by atoms with Crippen LogP contribution < -0.4 is 20.1 Å². The Balaban J connectivity index is 1.04. The molecule has 42 heavy (non-hydrogen) atoms. The number of benzene rings is 2. The number of esters is 1. The first-order valence-corrected chi connectivity index (χ1v) is 14.2. The third kappa shape index (κ3) is 5.67. The SMILES string of the molecule is CC(=O)Nc1cccc(C2CCN(CCCNC(=O)N3C(=O)N=C4COC(=O)C4C3c3ccc4c(c3)OCO4)CC2)c1. The number of rotatable bonds is 7. The van der Waals surface area contributed by atoms with E-state index in [9.17, 15) is 19.2 Å². The molecule has 12 nitrogen and oxygen atoms in total. The summed E-state index contributed by atoms with van der Waals surface area (Å²) >= 11 is 0. The van der Waals surface area contributed by atoms with Gasteiger partial charge in [0, 0.05) is 19.2 Å². The summed E-state index contributed by atoms with van der Waals surface area (Å²) in [5.74, 6) is 0.00423. The first-order chi connectivity index (χ1) is 20.4. The standard InChI is InChI=1S/C30H33N5O7/c1-18(36)32-22-5-2-4-20(14-22)19-8-12-34(13-9-19)11-3-10-31-29(38)35-27(21-6-7-24-25(15-21)42-17-41-24)26-23(33-30(35)39)16-40-28(26)37/h2,4-7,14-15,19,26-27H,3,8-13,16-17H2,1H3,(H,31,38)(H,32,36). The second kappa shape index (κ2) is 11.8. The molecule has 0 aromatic heterocycles. The molecule has 2 unspecified atom stereocenters. The van der Waals surface area contributed by atoms with Crippen LogP contribution >= 0.6 is 0 Å². The number of urea groups is 2. The van der Waals surface area contributed by atoms with Gasteiger partial charge in [0.2, 0.25) is 12.7 Å². The van der Waals surface area contributed by atoms with Gasteiger partial charge >= 0.3 is 18.0 Å². The summed E-state index contributed by atoms with van der Waals surface area (Å²) in [5, 5.41) is 5.70. The van der Waals surface area contributed by atoms with Crippen molar-refractivity contribution in [2.24, 2.45) is 10.9 Å². The number of imide groups is 1. The number of amides is 5. The lowest BCUT2D eigenvalue weighted by atomic mass is 9.88. The quantitative estimate of drug-likeness (QED) is 0.378. The zero-order valence-corrected chi connectivity index (χ0v) is 23.3. The predicted molar refractivity (Wildman–Crippen MR) is 152 cm³/mol. The molecule has 0 radical (unpaired) electrons. The highest BCUT2D eigenvalue weighted by Crippen LogP contribution is 2.41. The van der Waals surface area contributed by atoms with Gasteiger partial charge in [-0.15, -0.1) is 0 Å². The Morgan fingerprint density at radius 3 is 2.62 bits per heavy atom.